The van der Waals surface area contributed by atoms with Gasteiger partial charge in [-0.25, -0.2) is 0 Å². The summed E-state index contributed by atoms with van der Waals surface area (Å²) in [5, 5.41) is 7.20. The Morgan fingerprint density at radius 1 is 1.40 bits per heavy atom. The third-order valence-electron chi connectivity index (χ3n) is 1.84. The summed E-state index contributed by atoms with van der Waals surface area (Å²) in [4.78, 5) is 0. The zero-order valence-electron chi connectivity index (χ0n) is 7.90. The Labute approximate surface area is 92.0 Å². The van der Waals surface area contributed by atoms with Crippen molar-refractivity contribution in [2.45, 2.75) is 6.61 Å². The third-order valence-corrected chi connectivity index (χ3v) is 2.08. The molecule has 0 saturated heterocycles. The van der Waals surface area contributed by atoms with Gasteiger partial charge in [0.25, 0.3) is 0 Å². The van der Waals surface area contributed by atoms with E-state index in [0.717, 1.165) is 11.4 Å². The molecule has 0 aliphatic carbocycles. The average molecular weight is 224 g/mol. The van der Waals surface area contributed by atoms with Gasteiger partial charge in [-0.2, -0.15) is 5.10 Å². The molecule has 0 spiro atoms. The molecule has 2 aromatic rings. The maximum Gasteiger partial charge on any atom is 0.145 e. The topological polar surface area (TPSA) is 63.9 Å². The third kappa shape index (κ3) is 2.63. The Morgan fingerprint density at radius 3 is 2.93 bits per heavy atom. The number of halogens is 1. The summed E-state index contributed by atoms with van der Waals surface area (Å²) < 4.78 is 5.47. The average Bonchev–Trinajstić information content (AvgIpc) is 2.62. The SMILES string of the molecule is Nc1cc(COc2cccc(Cl)c2)[nH]n1. The molecule has 4 nitrogen and oxygen atoms in total. The van der Waals surface area contributed by atoms with Crippen molar-refractivity contribution >= 4 is 17.4 Å². The Kier molecular flexibility index (Phi) is 2.78. The number of H-pyrrole nitrogens is 1. The predicted molar refractivity (Wildman–Crippen MR) is 58.8 cm³/mol. The highest BCUT2D eigenvalue weighted by molar-refractivity contribution is 6.30. The number of nitrogen functional groups attached to an aromatic ring is 1. The number of ether oxygens (including phenoxy) is 1. The van der Waals surface area contributed by atoms with Gasteiger partial charge in [0.05, 0.1) is 5.69 Å². The van der Waals surface area contributed by atoms with Gasteiger partial charge in [0.15, 0.2) is 0 Å². The van der Waals surface area contributed by atoms with Crippen LogP contribution in [0.2, 0.25) is 5.02 Å². The van der Waals surface area contributed by atoms with Crippen LogP contribution in [0.25, 0.3) is 0 Å². The molecule has 0 aliphatic rings. The summed E-state index contributed by atoms with van der Waals surface area (Å²) in [5.41, 5.74) is 6.28. The number of benzene rings is 1. The first-order valence-electron chi connectivity index (χ1n) is 4.42. The van der Waals surface area contributed by atoms with Crippen LogP contribution in [0.15, 0.2) is 30.3 Å². The monoisotopic (exact) mass is 223 g/mol. The van der Waals surface area contributed by atoms with E-state index in [1.165, 1.54) is 0 Å². The van der Waals surface area contributed by atoms with E-state index in [9.17, 15) is 0 Å². The molecule has 1 aromatic carbocycles. The molecule has 0 bridgehead atoms. The van der Waals surface area contributed by atoms with Crippen molar-refractivity contribution in [2.24, 2.45) is 0 Å². The number of aromatic nitrogens is 2. The molecule has 0 radical (unpaired) electrons. The van der Waals surface area contributed by atoms with Crippen molar-refractivity contribution < 1.29 is 4.74 Å². The van der Waals surface area contributed by atoms with Crippen LogP contribution in [0.3, 0.4) is 0 Å². The fourth-order valence-electron chi connectivity index (χ4n) is 1.17. The fourth-order valence-corrected chi connectivity index (χ4v) is 1.35. The highest BCUT2D eigenvalue weighted by atomic mass is 35.5. The van der Waals surface area contributed by atoms with Crippen LogP contribution in [0, 0.1) is 0 Å². The summed E-state index contributed by atoms with van der Waals surface area (Å²) >= 11 is 5.81. The zero-order valence-corrected chi connectivity index (χ0v) is 8.66. The molecule has 0 fully saturated rings. The lowest BCUT2D eigenvalue weighted by Gasteiger charge is -2.03. The minimum Gasteiger partial charge on any atom is -0.487 e. The molecule has 78 valence electrons. The van der Waals surface area contributed by atoms with Gasteiger partial charge in [0, 0.05) is 11.1 Å². The lowest BCUT2D eigenvalue weighted by Crippen LogP contribution is -1.95. The number of rotatable bonds is 3. The lowest BCUT2D eigenvalue weighted by molar-refractivity contribution is 0.301. The van der Waals surface area contributed by atoms with Gasteiger partial charge in [-0.3, -0.25) is 5.10 Å². The van der Waals surface area contributed by atoms with Crippen molar-refractivity contribution in [3.05, 3.63) is 41.0 Å². The Balaban J connectivity index is 1.99. The first kappa shape index (κ1) is 9.86. The van der Waals surface area contributed by atoms with Gasteiger partial charge in [-0.05, 0) is 18.2 Å². The largest absolute Gasteiger partial charge is 0.487 e. The Hall–Kier alpha value is -1.68. The standard InChI is InChI=1S/C10H10ClN3O/c11-7-2-1-3-9(4-7)15-6-8-5-10(12)14-13-8/h1-5H,6H2,(H3,12,13,14). The fraction of sp³-hybridized carbons (Fsp3) is 0.100. The van der Waals surface area contributed by atoms with Crippen LogP contribution in [-0.4, -0.2) is 10.2 Å². The number of hydrogen-bond acceptors (Lipinski definition) is 3. The Bertz CT molecular complexity index is 455. The maximum atomic E-state index is 5.81. The van der Waals surface area contributed by atoms with E-state index in [4.69, 9.17) is 22.1 Å². The second-order valence-corrected chi connectivity index (χ2v) is 3.50. The van der Waals surface area contributed by atoms with Crippen LogP contribution in [0.5, 0.6) is 5.75 Å². The number of nitrogens with zero attached hydrogens (tertiary/aromatic N) is 1. The molecule has 15 heavy (non-hydrogen) atoms. The van der Waals surface area contributed by atoms with E-state index >= 15 is 0 Å². The molecule has 1 aromatic heterocycles. The van der Waals surface area contributed by atoms with Crippen molar-refractivity contribution in [1.29, 1.82) is 0 Å². The van der Waals surface area contributed by atoms with Crippen molar-refractivity contribution in [3.8, 4) is 5.75 Å². The smallest absolute Gasteiger partial charge is 0.145 e. The molecular formula is C10H10ClN3O. The number of nitrogens with two attached hydrogens (primary N) is 1. The molecule has 2 rings (SSSR count). The first-order valence-corrected chi connectivity index (χ1v) is 4.80. The summed E-state index contributed by atoms with van der Waals surface area (Å²) in [6, 6.07) is 8.94. The van der Waals surface area contributed by atoms with E-state index in [2.05, 4.69) is 10.2 Å². The molecule has 0 saturated carbocycles. The van der Waals surface area contributed by atoms with Crippen LogP contribution in [0.4, 0.5) is 5.82 Å². The van der Waals surface area contributed by atoms with Crippen molar-refractivity contribution in [1.82, 2.24) is 10.2 Å². The van der Waals surface area contributed by atoms with E-state index < -0.39 is 0 Å². The van der Waals surface area contributed by atoms with Gasteiger partial charge >= 0.3 is 0 Å². The Morgan fingerprint density at radius 2 is 2.27 bits per heavy atom. The van der Waals surface area contributed by atoms with E-state index in [1.54, 1.807) is 18.2 Å². The zero-order chi connectivity index (χ0) is 10.7. The van der Waals surface area contributed by atoms with E-state index in [0.29, 0.717) is 17.4 Å². The van der Waals surface area contributed by atoms with Gasteiger partial charge in [0.2, 0.25) is 0 Å². The number of nitrogens with one attached hydrogen (secondary N) is 1. The van der Waals surface area contributed by atoms with Gasteiger partial charge in [-0.1, -0.05) is 17.7 Å². The normalized spacial score (nSPS) is 10.2. The molecule has 5 heteroatoms. The second kappa shape index (κ2) is 4.23. The number of aromatic amines is 1. The summed E-state index contributed by atoms with van der Waals surface area (Å²) in [6.45, 7) is 0.393. The van der Waals surface area contributed by atoms with Crippen LogP contribution in [-0.2, 0) is 6.61 Å². The lowest BCUT2D eigenvalue weighted by atomic mass is 10.3. The summed E-state index contributed by atoms with van der Waals surface area (Å²) in [5.74, 6) is 1.18. The molecule has 1 heterocycles. The van der Waals surface area contributed by atoms with Crippen LogP contribution >= 0.6 is 11.6 Å². The second-order valence-electron chi connectivity index (χ2n) is 3.06. The predicted octanol–water partition coefficient (Wildman–Crippen LogP) is 2.22. The highest BCUT2D eigenvalue weighted by Crippen LogP contribution is 2.18. The number of hydrogen-bond donors (Lipinski definition) is 2. The van der Waals surface area contributed by atoms with E-state index in [1.807, 2.05) is 12.1 Å². The molecule has 0 amide bonds. The van der Waals surface area contributed by atoms with Crippen molar-refractivity contribution in [3.63, 3.8) is 0 Å². The molecule has 0 aliphatic heterocycles. The number of anilines is 1. The van der Waals surface area contributed by atoms with Gasteiger partial charge < -0.3 is 10.5 Å². The van der Waals surface area contributed by atoms with Crippen molar-refractivity contribution in [2.75, 3.05) is 5.73 Å². The van der Waals surface area contributed by atoms with Gasteiger partial charge in [-0.15, -0.1) is 0 Å². The maximum absolute atomic E-state index is 5.81. The molecule has 0 atom stereocenters. The molecule has 3 N–H and O–H groups in total. The first-order chi connectivity index (χ1) is 7.24. The molecule has 0 unspecified atom stereocenters. The minimum atomic E-state index is 0.393. The van der Waals surface area contributed by atoms with Crippen LogP contribution in [0.1, 0.15) is 5.69 Å². The van der Waals surface area contributed by atoms with E-state index in [-0.39, 0.29) is 0 Å². The quantitative estimate of drug-likeness (QED) is 0.839. The summed E-state index contributed by atoms with van der Waals surface area (Å²) in [7, 11) is 0. The van der Waals surface area contributed by atoms with Crippen LogP contribution < -0.4 is 10.5 Å². The van der Waals surface area contributed by atoms with Gasteiger partial charge in [0.1, 0.15) is 18.2 Å². The molecular weight excluding hydrogens is 214 g/mol. The summed E-state index contributed by atoms with van der Waals surface area (Å²) in [6.07, 6.45) is 0. The highest BCUT2D eigenvalue weighted by Gasteiger charge is 1.99. The minimum absolute atomic E-state index is 0.393.